The first kappa shape index (κ1) is 16.8. The number of hydrogen-bond donors (Lipinski definition) is 1. The lowest BCUT2D eigenvalue weighted by Crippen LogP contribution is -2.33. The number of hydrogen-bond acceptors (Lipinski definition) is 3. The van der Waals surface area contributed by atoms with E-state index in [0.29, 0.717) is 13.1 Å². The van der Waals surface area contributed by atoms with Crippen LogP contribution < -0.4 is 5.32 Å². The molecule has 2 aromatic heterocycles. The number of nitrogens with one attached hydrogen (secondary N) is 1. The van der Waals surface area contributed by atoms with Crippen molar-refractivity contribution in [1.29, 1.82) is 0 Å². The van der Waals surface area contributed by atoms with Crippen molar-refractivity contribution in [3.05, 3.63) is 47.7 Å². The summed E-state index contributed by atoms with van der Waals surface area (Å²) in [5, 5.41) is 8.50. The van der Waals surface area contributed by atoms with Gasteiger partial charge >= 0.3 is 0 Å². The highest BCUT2D eigenvalue weighted by molar-refractivity contribution is 5.89. The Kier molecular flexibility index (Phi) is 4.49. The molecule has 6 nitrogen and oxygen atoms in total. The number of carbonyl (C=O) groups is 1. The van der Waals surface area contributed by atoms with Gasteiger partial charge in [-0.15, -0.1) is 0 Å². The Morgan fingerprint density at radius 3 is 3.08 bits per heavy atom. The second-order valence-corrected chi connectivity index (χ2v) is 7.19. The summed E-state index contributed by atoms with van der Waals surface area (Å²) < 4.78 is 4.15. The van der Waals surface area contributed by atoms with Crippen LogP contribution in [-0.2, 0) is 30.7 Å². The molecule has 0 bridgehead atoms. The van der Waals surface area contributed by atoms with Crippen LogP contribution in [0.15, 0.2) is 30.9 Å². The third-order valence-corrected chi connectivity index (χ3v) is 5.43. The molecular formula is C20H25N5O. The van der Waals surface area contributed by atoms with Gasteiger partial charge in [-0.05, 0) is 37.3 Å². The highest BCUT2D eigenvalue weighted by atomic mass is 16.1. The summed E-state index contributed by atoms with van der Waals surface area (Å²) in [6.07, 6.45) is 6.36. The molecule has 1 atom stereocenters. The van der Waals surface area contributed by atoms with E-state index in [9.17, 15) is 4.79 Å². The van der Waals surface area contributed by atoms with Gasteiger partial charge < -0.3 is 9.88 Å². The molecule has 6 heteroatoms. The molecule has 0 unspecified atom stereocenters. The van der Waals surface area contributed by atoms with Crippen molar-refractivity contribution < 1.29 is 4.79 Å². The van der Waals surface area contributed by atoms with E-state index in [4.69, 9.17) is 0 Å². The summed E-state index contributed by atoms with van der Waals surface area (Å²) in [6.45, 7) is 6.43. The summed E-state index contributed by atoms with van der Waals surface area (Å²) in [6, 6.07) is 6.63. The minimum atomic E-state index is -0.132. The number of benzene rings is 1. The largest absolute Gasteiger partial charge is 0.355 e. The normalized spacial score (nSPS) is 14.5. The van der Waals surface area contributed by atoms with Gasteiger partial charge in [0.1, 0.15) is 12.7 Å². The van der Waals surface area contributed by atoms with Gasteiger partial charge in [-0.1, -0.05) is 25.1 Å². The number of nitrogens with zero attached hydrogens (tertiary/aromatic N) is 4. The summed E-state index contributed by atoms with van der Waals surface area (Å²) in [4.78, 5) is 16.3. The molecule has 1 amide bonds. The molecule has 1 aliphatic rings. The Hall–Kier alpha value is -2.63. The lowest BCUT2D eigenvalue weighted by atomic mass is 10.0. The van der Waals surface area contributed by atoms with Gasteiger partial charge in [0, 0.05) is 24.2 Å². The summed E-state index contributed by atoms with van der Waals surface area (Å²) in [5.41, 5.74) is 5.57. The van der Waals surface area contributed by atoms with Crippen LogP contribution in [0.2, 0.25) is 0 Å². The molecule has 26 heavy (non-hydrogen) atoms. The monoisotopic (exact) mass is 351 g/mol. The van der Waals surface area contributed by atoms with Crippen molar-refractivity contribution in [2.75, 3.05) is 6.54 Å². The van der Waals surface area contributed by atoms with E-state index in [-0.39, 0.29) is 11.8 Å². The van der Waals surface area contributed by atoms with E-state index in [1.54, 1.807) is 11.0 Å². The molecule has 3 heterocycles. The molecule has 1 N–H and O–H groups in total. The topological polar surface area (TPSA) is 64.7 Å². The predicted octanol–water partition coefficient (Wildman–Crippen LogP) is 2.48. The van der Waals surface area contributed by atoms with Crippen LogP contribution in [0.1, 0.15) is 30.2 Å². The fourth-order valence-corrected chi connectivity index (χ4v) is 4.08. The zero-order valence-corrected chi connectivity index (χ0v) is 15.4. The number of amides is 1. The lowest BCUT2D eigenvalue weighted by molar-refractivity contribution is -0.124. The van der Waals surface area contributed by atoms with Crippen LogP contribution >= 0.6 is 0 Å². The van der Waals surface area contributed by atoms with E-state index >= 15 is 0 Å². The Morgan fingerprint density at radius 2 is 2.27 bits per heavy atom. The third-order valence-electron chi connectivity index (χ3n) is 5.43. The molecule has 0 spiro atoms. The number of aromatic nitrogens is 4. The van der Waals surface area contributed by atoms with Gasteiger partial charge in [-0.2, -0.15) is 5.10 Å². The molecule has 0 aliphatic carbocycles. The van der Waals surface area contributed by atoms with Gasteiger partial charge in [0.15, 0.2) is 0 Å². The smallest absolute Gasteiger partial charge is 0.224 e. The van der Waals surface area contributed by atoms with Crippen LogP contribution in [0.3, 0.4) is 0 Å². The van der Waals surface area contributed by atoms with Gasteiger partial charge in [0.05, 0.1) is 18.0 Å². The molecule has 0 saturated heterocycles. The van der Waals surface area contributed by atoms with Crippen molar-refractivity contribution in [3.63, 3.8) is 0 Å². The van der Waals surface area contributed by atoms with E-state index in [1.807, 2.05) is 6.92 Å². The van der Waals surface area contributed by atoms with Crippen molar-refractivity contribution >= 4 is 16.8 Å². The van der Waals surface area contributed by atoms with Crippen LogP contribution in [0.4, 0.5) is 0 Å². The Bertz CT molecular complexity index is 925. The zero-order valence-electron chi connectivity index (χ0n) is 15.4. The number of rotatable bonds is 6. The highest BCUT2D eigenvalue weighted by Crippen LogP contribution is 2.32. The SMILES string of the molecule is Cc1c(CCNC(=O)[C@H](C)Cn2cncn2)c2cccc3c2n1CCC3. The van der Waals surface area contributed by atoms with E-state index in [1.165, 1.54) is 40.5 Å². The molecule has 4 rings (SSSR count). The minimum absolute atomic E-state index is 0.0619. The van der Waals surface area contributed by atoms with Gasteiger partial charge in [0.2, 0.25) is 5.91 Å². The van der Waals surface area contributed by atoms with Crippen LogP contribution in [0.5, 0.6) is 0 Å². The standard InChI is InChI=1S/C20H25N5O/c1-14(11-24-13-21-12-23-24)20(26)22-9-8-17-15(2)25-10-4-6-16-5-3-7-18(17)19(16)25/h3,5,7,12-14H,4,6,8-11H2,1-2H3,(H,22,26)/t14-/m1/s1. The minimum Gasteiger partial charge on any atom is -0.355 e. The van der Waals surface area contributed by atoms with Crippen molar-refractivity contribution in [3.8, 4) is 0 Å². The number of aryl methyl sites for hydroxylation is 2. The number of para-hydroxylation sites is 1. The second kappa shape index (κ2) is 6.94. The van der Waals surface area contributed by atoms with E-state index in [0.717, 1.165) is 19.4 Å². The second-order valence-electron chi connectivity index (χ2n) is 7.19. The van der Waals surface area contributed by atoms with Gasteiger partial charge in [-0.25, -0.2) is 4.98 Å². The fourth-order valence-electron chi connectivity index (χ4n) is 4.08. The first-order valence-electron chi connectivity index (χ1n) is 9.35. The Morgan fingerprint density at radius 1 is 1.38 bits per heavy atom. The molecule has 1 aromatic carbocycles. The maximum atomic E-state index is 12.4. The molecular weight excluding hydrogens is 326 g/mol. The molecule has 0 saturated carbocycles. The maximum Gasteiger partial charge on any atom is 0.224 e. The quantitative estimate of drug-likeness (QED) is 0.742. The first-order valence-corrected chi connectivity index (χ1v) is 9.35. The average molecular weight is 351 g/mol. The predicted molar refractivity (Wildman–Crippen MR) is 101 cm³/mol. The number of carbonyl (C=O) groups excluding carboxylic acids is 1. The first-order chi connectivity index (χ1) is 12.6. The summed E-state index contributed by atoms with van der Waals surface area (Å²) >= 11 is 0. The average Bonchev–Trinajstić information content (AvgIpc) is 3.25. The highest BCUT2D eigenvalue weighted by Gasteiger charge is 2.20. The van der Waals surface area contributed by atoms with Crippen molar-refractivity contribution in [2.45, 2.75) is 46.2 Å². The summed E-state index contributed by atoms with van der Waals surface area (Å²) in [5.74, 6) is -0.0697. The van der Waals surface area contributed by atoms with Crippen LogP contribution in [0, 0.1) is 12.8 Å². The van der Waals surface area contributed by atoms with Crippen LogP contribution in [0.25, 0.3) is 10.9 Å². The molecule has 0 fully saturated rings. The maximum absolute atomic E-state index is 12.4. The van der Waals surface area contributed by atoms with Gasteiger partial charge in [0.25, 0.3) is 0 Å². The van der Waals surface area contributed by atoms with Crippen LogP contribution in [-0.4, -0.2) is 31.8 Å². The van der Waals surface area contributed by atoms with Crippen molar-refractivity contribution in [2.24, 2.45) is 5.92 Å². The van der Waals surface area contributed by atoms with Crippen molar-refractivity contribution in [1.82, 2.24) is 24.6 Å². The molecule has 3 aromatic rings. The fraction of sp³-hybridized carbons (Fsp3) is 0.450. The Labute approximate surface area is 153 Å². The molecule has 1 aliphatic heterocycles. The lowest BCUT2D eigenvalue weighted by Gasteiger charge is -2.16. The third kappa shape index (κ3) is 3.00. The summed E-state index contributed by atoms with van der Waals surface area (Å²) in [7, 11) is 0. The molecule has 0 radical (unpaired) electrons. The molecule has 136 valence electrons. The Balaban J connectivity index is 1.43. The van der Waals surface area contributed by atoms with E-state index in [2.05, 4.69) is 45.1 Å². The van der Waals surface area contributed by atoms with E-state index < -0.39 is 0 Å². The van der Waals surface area contributed by atoms with Gasteiger partial charge in [-0.3, -0.25) is 9.48 Å². The zero-order chi connectivity index (χ0) is 18.1.